The molecule has 0 saturated carbocycles. The molecule has 0 aliphatic rings. The van der Waals surface area contributed by atoms with E-state index in [1.807, 2.05) is 0 Å². The molecule has 4 nitrogen and oxygen atoms in total. The van der Waals surface area contributed by atoms with Gasteiger partial charge in [0.1, 0.15) is 5.69 Å². The minimum absolute atomic E-state index is 0.520. The largest absolute Gasteiger partial charge is 0.504 e. The van der Waals surface area contributed by atoms with Crippen molar-refractivity contribution in [3.05, 3.63) is 23.3 Å². The van der Waals surface area contributed by atoms with Crippen molar-refractivity contribution in [3.63, 3.8) is 0 Å². The van der Waals surface area contributed by atoms with Gasteiger partial charge in [-0.2, -0.15) is 4.39 Å². The molecule has 1 amide bonds. The molecule has 1 aromatic rings. The molecule has 7 heteroatoms. The van der Waals surface area contributed by atoms with Crippen LogP contribution in [0, 0.1) is 5.95 Å². The van der Waals surface area contributed by atoms with Crippen molar-refractivity contribution in [2.45, 2.75) is 6.43 Å². The van der Waals surface area contributed by atoms with E-state index in [-0.39, 0.29) is 0 Å². The van der Waals surface area contributed by atoms with Crippen molar-refractivity contribution in [2.24, 2.45) is 5.73 Å². The monoisotopic (exact) mass is 206 g/mol. The maximum Gasteiger partial charge on any atom is 0.281 e. The van der Waals surface area contributed by atoms with Crippen LogP contribution in [0.5, 0.6) is 5.75 Å². The lowest BCUT2D eigenvalue weighted by molar-refractivity contribution is 0.0981. The minimum atomic E-state index is -3.13. The molecule has 1 aromatic heterocycles. The van der Waals surface area contributed by atoms with Crippen molar-refractivity contribution >= 4 is 5.91 Å². The number of pyridine rings is 1. The number of amides is 1. The summed E-state index contributed by atoms with van der Waals surface area (Å²) < 4.78 is 36.9. The van der Waals surface area contributed by atoms with Gasteiger partial charge in [0.25, 0.3) is 18.3 Å². The number of hydrogen-bond acceptors (Lipinski definition) is 3. The summed E-state index contributed by atoms with van der Waals surface area (Å²) in [6.07, 6.45) is -3.13. The van der Waals surface area contributed by atoms with E-state index in [0.717, 1.165) is 0 Å². The lowest BCUT2D eigenvalue weighted by Crippen LogP contribution is -2.15. The smallest absolute Gasteiger partial charge is 0.281 e. The number of nitrogens with zero attached hydrogens (tertiary/aromatic N) is 1. The molecule has 3 N–H and O–H groups in total. The van der Waals surface area contributed by atoms with Gasteiger partial charge < -0.3 is 10.8 Å². The first-order valence-corrected chi connectivity index (χ1v) is 3.41. The molecule has 0 radical (unpaired) electrons. The Kier molecular flexibility index (Phi) is 2.59. The molecule has 0 saturated heterocycles. The fraction of sp³-hybridized carbons (Fsp3) is 0.143. The van der Waals surface area contributed by atoms with Crippen LogP contribution in [0.1, 0.15) is 22.5 Å². The van der Waals surface area contributed by atoms with Crippen molar-refractivity contribution in [2.75, 3.05) is 0 Å². The highest BCUT2D eigenvalue weighted by Crippen LogP contribution is 2.25. The fourth-order valence-corrected chi connectivity index (χ4v) is 0.857. The number of carbonyl (C=O) groups excluding carboxylic acids is 1. The number of aromatic nitrogens is 1. The Balaban J connectivity index is 3.39. The number of carbonyl (C=O) groups is 1. The second-order valence-electron chi connectivity index (χ2n) is 2.40. The standard InChI is InChI=1S/C7H5F3N2O2/c8-5(9)4-2(7(11)14)1-3(13)6(10)12-4/h1,5,13H,(H2,11,14). The van der Waals surface area contributed by atoms with E-state index in [1.54, 1.807) is 0 Å². The first-order chi connectivity index (χ1) is 6.43. The number of halogens is 3. The van der Waals surface area contributed by atoms with Gasteiger partial charge in [0.2, 0.25) is 0 Å². The SMILES string of the molecule is NC(=O)c1cc(O)c(F)nc1C(F)F. The summed E-state index contributed by atoms with van der Waals surface area (Å²) in [5.41, 5.74) is 2.95. The minimum Gasteiger partial charge on any atom is -0.504 e. The van der Waals surface area contributed by atoms with Gasteiger partial charge in [0, 0.05) is 0 Å². The van der Waals surface area contributed by atoms with Crippen molar-refractivity contribution < 1.29 is 23.1 Å². The van der Waals surface area contributed by atoms with E-state index in [0.29, 0.717) is 6.07 Å². The van der Waals surface area contributed by atoms with Crippen LogP contribution in [0.2, 0.25) is 0 Å². The van der Waals surface area contributed by atoms with Gasteiger partial charge in [0.05, 0.1) is 5.56 Å². The van der Waals surface area contributed by atoms with Gasteiger partial charge >= 0.3 is 0 Å². The van der Waals surface area contributed by atoms with Gasteiger partial charge in [-0.3, -0.25) is 4.79 Å². The van der Waals surface area contributed by atoms with E-state index < -0.39 is 35.3 Å². The molecule has 0 aliphatic heterocycles. The highest BCUT2D eigenvalue weighted by atomic mass is 19.3. The molecule has 1 heterocycles. The Morgan fingerprint density at radius 2 is 2.14 bits per heavy atom. The first-order valence-electron chi connectivity index (χ1n) is 3.41. The van der Waals surface area contributed by atoms with E-state index >= 15 is 0 Å². The average molecular weight is 206 g/mol. The molecule has 0 bridgehead atoms. The Morgan fingerprint density at radius 3 is 2.57 bits per heavy atom. The van der Waals surface area contributed by atoms with Crippen LogP contribution < -0.4 is 5.73 Å². The first kappa shape index (κ1) is 10.3. The summed E-state index contributed by atoms with van der Waals surface area (Å²) >= 11 is 0. The maximum absolute atomic E-state index is 12.5. The summed E-state index contributed by atoms with van der Waals surface area (Å²) in [5, 5.41) is 8.77. The van der Waals surface area contributed by atoms with Crippen LogP contribution in [0.15, 0.2) is 6.07 Å². The molecule has 0 fully saturated rings. The highest BCUT2D eigenvalue weighted by Gasteiger charge is 2.21. The molecule has 0 aliphatic carbocycles. The zero-order valence-corrected chi connectivity index (χ0v) is 6.67. The molecule has 0 unspecified atom stereocenters. The second kappa shape index (κ2) is 3.52. The highest BCUT2D eigenvalue weighted by molar-refractivity contribution is 5.94. The van der Waals surface area contributed by atoms with Crippen LogP contribution in [-0.4, -0.2) is 16.0 Å². The van der Waals surface area contributed by atoms with Crippen molar-refractivity contribution in [1.82, 2.24) is 4.98 Å². The molecule has 0 atom stereocenters. The molecule has 14 heavy (non-hydrogen) atoms. The van der Waals surface area contributed by atoms with Crippen LogP contribution in [-0.2, 0) is 0 Å². The van der Waals surface area contributed by atoms with E-state index in [2.05, 4.69) is 4.98 Å². The lowest BCUT2D eigenvalue weighted by atomic mass is 10.2. The summed E-state index contributed by atoms with van der Waals surface area (Å²) in [6, 6.07) is 0.520. The Morgan fingerprint density at radius 1 is 1.57 bits per heavy atom. The average Bonchev–Trinajstić information content (AvgIpc) is 2.08. The second-order valence-corrected chi connectivity index (χ2v) is 2.40. The zero-order valence-electron chi connectivity index (χ0n) is 6.67. The molecule has 76 valence electrons. The predicted molar refractivity (Wildman–Crippen MR) is 39.3 cm³/mol. The molecular weight excluding hydrogens is 201 g/mol. The Hall–Kier alpha value is -1.79. The molecule has 0 aromatic carbocycles. The Labute approximate surface area is 76.2 Å². The number of aromatic hydroxyl groups is 1. The number of rotatable bonds is 2. The summed E-state index contributed by atoms with van der Waals surface area (Å²) in [5.74, 6) is -3.67. The number of alkyl halides is 2. The molecular formula is C7H5F3N2O2. The van der Waals surface area contributed by atoms with Gasteiger partial charge in [-0.1, -0.05) is 0 Å². The van der Waals surface area contributed by atoms with Crippen LogP contribution in [0.4, 0.5) is 13.2 Å². The van der Waals surface area contributed by atoms with E-state index in [1.165, 1.54) is 0 Å². The van der Waals surface area contributed by atoms with Gasteiger partial charge in [0.15, 0.2) is 5.75 Å². The van der Waals surface area contributed by atoms with Crippen molar-refractivity contribution in [3.8, 4) is 5.75 Å². The van der Waals surface area contributed by atoms with Crippen molar-refractivity contribution in [1.29, 1.82) is 0 Å². The molecule has 1 rings (SSSR count). The van der Waals surface area contributed by atoms with E-state index in [9.17, 15) is 18.0 Å². The van der Waals surface area contributed by atoms with Crippen LogP contribution in [0.3, 0.4) is 0 Å². The number of nitrogens with two attached hydrogens (primary N) is 1. The summed E-state index contributed by atoms with van der Waals surface area (Å²) in [6.45, 7) is 0. The van der Waals surface area contributed by atoms with Gasteiger partial charge in [-0.25, -0.2) is 13.8 Å². The topological polar surface area (TPSA) is 76.2 Å². The maximum atomic E-state index is 12.5. The fourth-order valence-electron chi connectivity index (χ4n) is 0.857. The summed E-state index contributed by atoms with van der Waals surface area (Å²) in [4.78, 5) is 13.3. The normalized spacial score (nSPS) is 10.6. The number of primary amides is 1. The predicted octanol–water partition coefficient (Wildman–Crippen LogP) is 0.963. The zero-order chi connectivity index (χ0) is 10.9. The third-order valence-corrected chi connectivity index (χ3v) is 1.46. The van der Waals surface area contributed by atoms with Crippen LogP contribution in [0.25, 0.3) is 0 Å². The lowest BCUT2D eigenvalue weighted by Gasteiger charge is -2.05. The van der Waals surface area contributed by atoms with Gasteiger partial charge in [-0.15, -0.1) is 0 Å². The van der Waals surface area contributed by atoms with Crippen LogP contribution >= 0.6 is 0 Å². The third kappa shape index (κ3) is 1.76. The Bertz CT molecular complexity index is 381. The third-order valence-electron chi connectivity index (χ3n) is 1.46. The summed E-state index contributed by atoms with van der Waals surface area (Å²) in [7, 11) is 0. The quantitative estimate of drug-likeness (QED) is 0.707. The number of hydrogen-bond donors (Lipinski definition) is 2. The molecule has 0 spiro atoms. The van der Waals surface area contributed by atoms with Gasteiger partial charge in [-0.05, 0) is 6.07 Å². The van der Waals surface area contributed by atoms with E-state index in [4.69, 9.17) is 10.8 Å².